The maximum Gasteiger partial charge on any atom is 0.251 e. The Labute approximate surface area is 122 Å². The first-order valence-corrected chi connectivity index (χ1v) is 6.47. The summed E-state index contributed by atoms with van der Waals surface area (Å²) >= 11 is 5.85. The van der Waals surface area contributed by atoms with Crippen LogP contribution in [0, 0.1) is 6.92 Å². The van der Waals surface area contributed by atoms with Gasteiger partial charge in [-0.15, -0.1) is 0 Å². The molecule has 2 rings (SSSR count). The maximum atomic E-state index is 12.1. The highest BCUT2D eigenvalue weighted by molar-refractivity contribution is 6.30. The summed E-state index contributed by atoms with van der Waals surface area (Å²) in [6.07, 6.45) is 0. The summed E-state index contributed by atoms with van der Waals surface area (Å²) in [5.74, 6) is -0.117. The zero-order valence-electron chi connectivity index (χ0n) is 11.0. The molecule has 0 atom stereocenters. The molecule has 1 amide bonds. The second-order valence-corrected chi connectivity index (χ2v) is 4.97. The minimum Gasteiger partial charge on any atom is -0.508 e. The normalized spacial score (nSPS) is 10.3. The molecular weight excluding hydrogens is 276 g/mol. The average Bonchev–Trinajstić information content (AvgIpc) is 2.39. The predicted molar refractivity (Wildman–Crippen MR) is 79.9 cm³/mol. The van der Waals surface area contributed by atoms with Gasteiger partial charge < -0.3 is 16.2 Å². The van der Waals surface area contributed by atoms with E-state index in [2.05, 4.69) is 5.32 Å². The van der Waals surface area contributed by atoms with Gasteiger partial charge in [0, 0.05) is 28.4 Å². The molecule has 0 fully saturated rings. The summed E-state index contributed by atoms with van der Waals surface area (Å²) in [6.45, 7) is 2.02. The summed E-state index contributed by atoms with van der Waals surface area (Å²) in [5.41, 5.74) is 8.11. The minimum absolute atomic E-state index is 0.104. The first kappa shape index (κ1) is 14.2. The van der Waals surface area contributed by atoms with Crippen molar-refractivity contribution in [3.63, 3.8) is 0 Å². The van der Waals surface area contributed by atoms with E-state index < -0.39 is 0 Å². The van der Waals surface area contributed by atoms with Crippen LogP contribution in [0.3, 0.4) is 0 Å². The molecule has 4 nitrogen and oxygen atoms in total. The number of nitrogen functional groups attached to an aromatic ring is 1. The fourth-order valence-corrected chi connectivity index (χ4v) is 2.13. The van der Waals surface area contributed by atoms with E-state index in [4.69, 9.17) is 17.3 Å². The molecular formula is C15H15ClN2O2. The summed E-state index contributed by atoms with van der Waals surface area (Å²) in [4.78, 5) is 12.1. The Morgan fingerprint density at radius 1 is 1.30 bits per heavy atom. The van der Waals surface area contributed by atoms with Crippen LogP contribution in [0.1, 0.15) is 21.5 Å². The lowest BCUT2D eigenvalue weighted by Gasteiger charge is -2.09. The van der Waals surface area contributed by atoms with Crippen LogP contribution in [0.5, 0.6) is 5.75 Å². The fraction of sp³-hybridized carbons (Fsp3) is 0.133. The van der Waals surface area contributed by atoms with E-state index in [0.717, 1.165) is 5.56 Å². The van der Waals surface area contributed by atoms with Gasteiger partial charge >= 0.3 is 0 Å². The molecule has 2 aromatic rings. The minimum atomic E-state index is -0.221. The van der Waals surface area contributed by atoms with Gasteiger partial charge in [0.1, 0.15) is 5.75 Å². The number of nitrogens with one attached hydrogen (secondary N) is 1. The highest BCUT2D eigenvalue weighted by Gasteiger charge is 2.10. The average molecular weight is 291 g/mol. The molecule has 0 unspecified atom stereocenters. The SMILES string of the molecule is Cc1cc(Cl)ccc1C(=O)NCc1cc(N)ccc1O. The van der Waals surface area contributed by atoms with Crippen molar-refractivity contribution in [2.75, 3.05) is 5.73 Å². The monoisotopic (exact) mass is 290 g/mol. The molecule has 0 radical (unpaired) electrons. The number of carbonyl (C=O) groups excluding carboxylic acids is 1. The summed E-state index contributed by atoms with van der Waals surface area (Å²) in [5, 5.41) is 13.0. The Morgan fingerprint density at radius 3 is 2.75 bits per heavy atom. The maximum absolute atomic E-state index is 12.1. The standard InChI is InChI=1S/C15H15ClN2O2/c1-9-6-11(16)2-4-13(9)15(20)18-8-10-7-12(17)3-5-14(10)19/h2-7,19H,8,17H2,1H3,(H,18,20). The van der Waals surface area contributed by atoms with Crippen LogP contribution in [-0.4, -0.2) is 11.0 Å². The van der Waals surface area contributed by atoms with E-state index in [1.807, 2.05) is 6.92 Å². The Kier molecular flexibility index (Phi) is 4.15. The van der Waals surface area contributed by atoms with Gasteiger partial charge in [0.25, 0.3) is 5.91 Å². The number of hydrogen-bond acceptors (Lipinski definition) is 3. The van der Waals surface area contributed by atoms with Crippen LogP contribution in [0.25, 0.3) is 0 Å². The molecule has 0 saturated carbocycles. The molecule has 0 aliphatic rings. The Morgan fingerprint density at radius 2 is 2.05 bits per heavy atom. The largest absolute Gasteiger partial charge is 0.508 e. The molecule has 0 heterocycles. The van der Waals surface area contributed by atoms with E-state index >= 15 is 0 Å². The van der Waals surface area contributed by atoms with Gasteiger partial charge in [-0.3, -0.25) is 4.79 Å². The number of aromatic hydroxyl groups is 1. The van der Waals surface area contributed by atoms with E-state index in [-0.39, 0.29) is 18.2 Å². The molecule has 104 valence electrons. The Hall–Kier alpha value is -2.20. The van der Waals surface area contributed by atoms with Crippen LogP contribution < -0.4 is 11.1 Å². The van der Waals surface area contributed by atoms with Crippen LogP contribution in [0.2, 0.25) is 5.02 Å². The smallest absolute Gasteiger partial charge is 0.251 e. The lowest BCUT2D eigenvalue weighted by atomic mass is 10.1. The third-order valence-electron chi connectivity index (χ3n) is 2.98. The number of phenols is 1. The molecule has 4 N–H and O–H groups in total. The van der Waals surface area contributed by atoms with Crippen molar-refractivity contribution in [2.24, 2.45) is 0 Å². The van der Waals surface area contributed by atoms with Crippen molar-refractivity contribution in [3.8, 4) is 5.75 Å². The second-order valence-electron chi connectivity index (χ2n) is 4.53. The van der Waals surface area contributed by atoms with Crippen molar-refractivity contribution in [3.05, 3.63) is 58.1 Å². The van der Waals surface area contributed by atoms with Crippen molar-refractivity contribution in [1.29, 1.82) is 0 Å². The number of nitrogens with two attached hydrogens (primary N) is 1. The van der Waals surface area contributed by atoms with E-state index in [0.29, 0.717) is 21.8 Å². The lowest BCUT2D eigenvalue weighted by Crippen LogP contribution is -2.23. The summed E-state index contributed by atoms with van der Waals surface area (Å²) < 4.78 is 0. The van der Waals surface area contributed by atoms with Gasteiger partial charge in [-0.05, 0) is 48.9 Å². The topological polar surface area (TPSA) is 75.4 Å². The first-order valence-electron chi connectivity index (χ1n) is 6.09. The Bertz CT molecular complexity index is 656. The Balaban J connectivity index is 2.10. The number of rotatable bonds is 3. The zero-order chi connectivity index (χ0) is 14.7. The van der Waals surface area contributed by atoms with Crippen LogP contribution >= 0.6 is 11.6 Å². The van der Waals surface area contributed by atoms with Crippen molar-refractivity contribution in [2.45, 2.75) is 13.5 Å². The second kappa shape index (κ2) is 5.84. The predicted octanol–water partition coefficient (Wildman–Crippen LogP) is 2.87. The van der Waals surface area contributed by atoms with Crippen LogP contribution in [0.4, 0.5) is 5.69 Å². The number of amides is 1. The van der Waals surface area contributed by atoms with Crippen LogP contribution in [0.15, 0.2) is 36.4 Å². The van der Waals surface area contributed by atoms with E-state index in [9.17, 15) is 9.90 Å². The number of benzene rings is 2. The number of anilines is 1. The quantitative estimate of drug-likeness (QED) is 0.601. The highest BCUT2D eigenvalue weighted by atomic mass is 35.5. The molecule has 5 heteroatoms. The van der Waals surface area contributed by atoms with Gasteiger partial charge in [0.05, 0.1) is 0 Å². The third kappa shape index (κ3) is 3.22. The fourth-order valence-electron chi connectivity index (χ4n) is 1.90. The van der Waals surface area contributed by atoms with Gasteiger partial charge in [0.15, 0.2) is 0 Å². The molecule has 2 aromatic carbocycles. The molecule has 0 spiro atoms. The van der Waals surface area contributed by atoms with Crippen molar-refractivity contribution < 1.29 is 9.90 Å². The van der Waals surface area contributed by atoms with Gasteiger partial charge in [-0.25, -0.2) is 0 Å². The number of aryl methyl sites for hydroxylation is 1. The molecule has 0 aliphatic heterocycles. The van der Waals surface area contributed by atoms with Gasteiger partial charge in [-0.2, -0.15) is 0 Å². The highest BCUT2D eigenvalue weighted by Crippen LogP contribution is 2.20. The molecule has 0 aliphatic carbocycles. The van der Waals surface area contributed by atoms with Gasteiger partial charge in [0.2, 0.25) is 0 Å². The summed E-state index contributed by atoms with van der Waals surface area (Å²) in [7, 11) is 0. The molecule has 0 aromatic heterocycles. The molecule has 0 bridgehead atoms. The number of halogens is 1. The first-order chi connectivity index (χ1) is 9.47. The zero-order valence-corrected chi connectivity index (χ0v) is 11.7. The number of hydrogen-bond donors (Lipinski definition) is 3. The molecule has 0 saturated heterocycles. The van der Waals surface area contributed by atoms with Crippen molar-refractivity contribution >= 4 is 23.2 Å². The van der Waals surface area contributed by atoms with Gasteiger partial charge in [-0.1, -0.05) is 11.6 Å². The van der Waals surface area contributed by atoms with Crippen LogP contribution in [-0.2, 0) is 6.54 Å². The summed E-state index contributed by atoms with van der Waals surface area (Å²) in [6, 6.07) is 9.81. The number of phenolic OH excluding ortho intramolecular Hbond substituents is 1. The van der Waals surface area contributed by atoms with Crippen molar-refractivity contribution in [1.82, 2.24) is 5.32 Å². The van der Waals surface area contributed by atoms with E-state index in [1.165, 1.54) is 6.07 Å². The van der Waals surface area contributed by atoms with E-state index in [1.54, 1.807) is 30.3 Å². The third-order valence-corrected chi connectivity index (χ3v) is 3.21. The number of carbonyl (C=O) groups is 1. The molecule has 20 heavy (non-hydrogen) atoms. The lowest BCUT2D eigenvalue weighted by molar-refractivity contribution is 0.0950.